The van der Waals surface area contributed by atoms with Crippen LogP contribution in [0.2, 0.25) is 0 Å². The van der Waals surface area contributed by atoms with E-state index in [4.69, 9.17) is 4.74 Å². The second kappa shape index (κ2) is 8.60. The molecule has 0 bridgehead atoms. The number of benzene rings is 2. The lowest BCUT2D eigenvalue weighted by Crippen LogP contribution is -2.08. The molecule has 2 rings (SSSR count). The molecule has 0 spiro atoms. The largest absolute Gasteiger partial charge is 0.386 e. The first-order valence-electron chi connectivity index (χ1n) is 7.68. The molecule has 0 amide bonds. The van der Waals surface area contributed by atoms with Crippen LogP contribution < -0.4 is 0 Å². The van der Waals surface area contributed by atoms with Crippen molar-refractivity contribution in [1.29, 1.82) is 0 Å². The highest BCUT2D eigenvalue weighted by atomic mass is 16.5. The molecule has 0 aliphatic rings. The maximum Gasteiger partial charge on any atom is 0.102 e. The van der Waals surface area contributed by atoms with Gasteiger partial charge in [0, 0.05) is 6.61 Å². The first kappa shape index (κ1) is 15.7. The van der Waals surface area contributed by atoms with Crippen LogP contribution in [0.15, 0.2) is 54.6 Å². The lowest BCUT2D eigenvalue weighted by atomic mass is 10.1. The highest BCUT2D eigenvalue weighted by Crippen LogP contribution is 2.14. The zero-order valence-electron chi connectivity index (χ0n) is 12.7. The molecule has 0 saturated heterocycles. The highest BCUT2D eigenvalue weighted by Gasteiger charge is 2.07. The second-order valence-electron chi connectivity index (χ2n) is 5.27. The van der Waals surface area contributed by atoms with E-state index in [1.807, 2.05) is 18.2 Å². The molecule has 2 aromatic carbocycles. The van der Waals surface area contributed by atoms with Gasteiger partial charge >= 0.3 is 0 Å². The standard InChI is InChI=1S/C19H24O2/c1-2-16-10-12-18(13-11-16)19(20)15-21-14-6-9-17-7-4-3-5-8-17/h3-5,7-8,10-13,19-20H,2,6,9,14-15H2,1H3. The molecule has 0 aliphatic carbocycles. The Labute approximate surface area is 127 Å². The van der Waals surface area contributed by atoms with Gasteiger partial charge in [-0.15, -0.1) is 0 Å². The maximum atomic E-state index is 10.1. The molecule has 0 aliphatic heterocycles. The summed E-state index contributed by atoms with van der Waals surface area (Å²) in [6.45, 7) is 3.17. The first-order valence-corrected chi connectivity index (χ1v) is 7.68. The number of ether oxygens (including phenoxy) is 1. The SMILES string of the molecule is CCc1ccc(C(O)COCCCc2ccccc2)cc1. The van der Waals surface area contributed by atoms with Crippen molar-refractivity contribution in [3.63, 3.8) is 0 Å². The number of aliphatic hydroxyl groups excluding tert-OH is 1. The summed E-state index contributed by atoms with van der Waals surface area (Å²) in [5.41, 5.74) is 3.54. The van der Waals surface area contributed by atoms with Crippen LogP contribution in [-0.2, 0) is 17.6 Å². The van der Waals surface area contributed by atoms with Gasteiger partial charge in [0.25, 0.3) is 0 Å². The van der Waals surface area contributed by atoms with Crippen LogP contribution in [0.5, 0.6) is 0 Å². The third-order valence-electron chi connectivity index (χ3n) is 3.65. The van der Waals surface area contributed by atoms with Crippen LogP contribution in [0, 0.1) is 0 Å². The van der Waals surface area contributed by atoms with Crippen LogP contribution in [0.1, 0.15) is 36.1 Å². The monoisotopic (exact) mass is 284 g/mol. The van der Waals surface area contributed by atoms with Crippen molar-refractivity contribution >= 4 is 0 Å². The Hall–Kier alpha value is -1.64. The minimum absolute atomic E-state index is 0.361. The van der Waals surface area contributed by atoms with Gasteiger partial charge in [-0.3, -0.25) is 0 Å². The summed E-state index contributed by atoms with van der Waals surface area (Å²) in [6, 6.07) is 18.5. The maximum absolute atomic E-state index is 10.1. The average Bonchev–Trinajstić information content (AvgIpc) is 2.55. The van der Waals surface area contributed by atoms with E-state index in [0.29, 0.717) is 13.2 Å². The molecule has 1 N–H and O–H groups in total. The Morgan fingerprint density at radius 1 is 0.952 bits per heavy atom. The second-order valence-corrected chi connectivity index (χ2v) is 5.27. The van der Waals surface area contributed by atoms with Crippen molar-refractivity contribution in [2.24, 2.45) is 0 Å². The van der Waals surface area contributed by atoms with Gasteiger partial charge in [0.15, 0.2) is 0 Å². The molecule has 0 saturated carbocycles. The molecule has 0 aromatic heterocycles. The molecule has 2 nitrogen and oxygen atoms in total. The van der Waals surface area contributed by atoms with Gasteiger partial charge in [-0.25, -0.2) is 0 Å². The van der Waals surface area contributed by atoms with Gasteiger partial charge in [-0.2, -0.15) is 0 Å². The van der Waals surface area contributed by atoms with E-state index in [1.54, 1.807) is 0 Å². The van der Waals surface area contributed by atoms with Crippen LogP contribution in [0.25, 0.3) is 0 Å². The Balaban J connectivity index is 1.65. The molecule has 0 heterocycles. The van der Waals surface area contributed by atoms with Gasteiger partial charge in [0.2, 0.25) is 0 Å². The molecule has 0 radical (unpaired) electrons. The van der Waals surface area contributed by atoms with E-state index in [2.05, 4.69) is 43.3 Å². The minimum atomic E-state index is -0.535. The predicted molar refractivity (Wildman–Crippen MR) is 86.4 cm³/mol. The normalized spacial score (nSPS) is 12.3. The number of aliphatic hydroxyl groups is 1. The smallest absolute Gasteiger partial charge is 0.102 e. The van der Waals surface area contributed by atoms with Gasteiger partial charge < -0.3 is 9.84 Å². The molecule has 0 fully saturated rings. The molecule has 112 valence electrons. The van der Waals surface area contributed by atoms with Gasteiger partial charge in [0.1, 0.15) is 6.10 Å². The molecule has 2 heteroatoms. The van der Waals surface area contributed by atoms with Crippen LogP contribution in [0.4, 0.5) is 0 Å². The molecule has 1 atom stereocenters. The van der Waals surface area contributed by atoms with Gasteiger partial charge in [-0.1, -0.05) is 61.5 Å². The highest BCUT2D eigenvalue weighted by molar-refractivity contribution is 5.24. The summed E-state index contributed by atoms with van der Waals surface area (Å²) in [5.74, 6) is 0. The van der Waals surface area contributed by atoms with Crippen molar-refractivity contribution in [2.75, 3.05) is 13.2 Å². The van der Waals surface area contributed by atoms with Crippen molar-refractivity contribution in [1.82, 2.24) is 0 Å². The summed E-state index contributed by atoms with van der Waals surface area (Å²) in [7, 11) is 0. The summed E-state index contributed by atoms with van der Waals surface area (Å²) in [4.78, 5) is 0. The lowest BCUT2D eigenvalue weighted by molar-refractivity contribution is 0.0352. The van der Waals surface area contributed by atoms with Crippen molar-refractivity contribution < 1.29 is 9.84 Å². The summed E-state index contributed by atoms with van der Waals surface area (Å²) >= 11 is 0. The van der Waals surface area contributed by atoms with E-state index in [9.17, 15) is 5.11 Å². The van der Waals surface area contributed by atoms with E-state index in [-0.39, 0.29) is 0 Å². The summed E-state index contributed by atoms with van der Waals surface area (Å²) < 4.78 is 5.58. The molecular formula is C19H24O2. The summed E-state index contributed by atoms with van der Waals surface area (Å²) in [5, 5.41) is 10.1. The lowest BCUT2D eigenvalue weighted by Gasteiger charge is -2.12. The fraction of sp³-hybridized carbons (Fsp3) is 0.368. The number of aryl methyl sites for hydroxylation is 2. The topological polar surface area (TPSA) is 29.5 Å². The van der Waals surface area contributed by atoms with Crippen molar-refractivity contribution in [3.05, 3.63) is 71.3 Å². The minimum Gasteiger partial charge on any atom is -0.386 e. The fourth-order valence-corrected chi connectivity index (χ4v) is 2.29. The van der Waals surface area contributed by atoms with Crippen molar-refractivity contribution in [3.8, 4) is 0 Å². The predicted octanol–water partition coefficient (Wildman–Crippen LogP) is 3.93. The quantitative estimate of drug-likeness (QED) is 0.744. The first-order chi connectivity index (χ1) is 10.3. The van der Waals surface area contributed by atoms with E-state index >= 15 is 0 Å². The number of rotatable bonds is 8. The fourth-order valence-electron chi connectivity index (χ4n) is 2.29. The molecule has 2 aromatic rings. The Bertz CT molecular complexity index is 505. The van der Waals surface area contributed by atoms with E-state index in [1.165, 1.54) is 11.1 Å². The van der Waals surface area contributed by atoms with Gasteiger partial charge in [-0.05, 0) is 36.0 Å². The Kier molecular flexibility index (Phi) is 6.45. The zero-order chi connectivity index (χ0) is 14.9. The van der Waals surface area contributed by atoms with E-state index in [0.717, 1.165) is 24.8 Å². The van der Waals surface area contributed by atoms with Crippen LogP contribution in [-0.4, -0.2) is 18.3 Å². The number of hydrogen-bond donors (Lipinski definition) is 1. The van der Waals surface area contributed by atoms with Crippen LogP contribution >= 0.6 is 0 Å². The number of hydrogen-bond acceptors (Lipinski definition) is 2. The Morgan fingerprint density at radius 2 is 1.67 bits per heavy atom. The van der Waals surface area contributed by atoms with Gasteiger partial charge in [0.05, 0.1) is 6.61 Å². The zero-order valence-corrected chi connectivity index (χ0v) is 12.7. The average molecular weight is 284 g/mol. The van der Waals surface area contributed by atoms with Crippen molar-refractivity contribution in [2.45, 2.75) is 32.3 Å². The Morgan fingerprint density at radius 3 is 2.33 bits per heavy atom. The van der Waals surface area contributed by atoms with Crippen LogP contribution in [0.3, 0.4) is 0 Å². The summed E-state index contributed by atoms with van der Waals surface area (Å²) in [6.07, 6.45) is 2.48. The molecule has 1 unspecified atom stereocenters. The third-order valence-corrected chi connectivity index (χ3v) is 3.65. The molecule has 21 heavy (non-hydrogen) atoms. The third kappa shape index (κ3) is 5.33. The van der Waals surface area contributed by atoms with E-state index < -0.39 is 6.10 Å². The molecular weight excluding hydrogens is 260 g/mol.